The quantitative estimate of drug-likeness (QED) is 0.489. The van der Waals surface area contributed by atoms with Crippen LogP contribution in [0, 0.1) is 5.92 Å². The summed E-state index contributed by atoms with van der Waals surface area (Å²) in [5, 5.41) is 3.37. The van der Waals surface area contributed by atoms with Gasteiger partial charge < -0.3 is 5.32 Å². The molecule has 1 rings (SSSR count). The molecule has 0 aromatic carbocycles. The van der Waals surface area contributed by atoms with Crippen molar-refractivity contribution in [1.29, 1.82) is 0 Å². The molecule has 1 fully saturated rings. The van der Waals surface area contributed by atoms with Gasteiger partial charge in [-0.15, -0.1) is 13.2 Å². The Bertz CT molecular complexity index is 63.0. The van der Waals surface area contributed by atoms with E-state index in [1.165, 1.54) is 13.0 Å². The molecular formula is C8H17N. The van der Waals surface area contributed by atoms with Gasteiger partial charge in [-0.1, -0.05) is 6.92 Å². The first kappa shape index (κ1) is 8.70. The molecule has 1 aliphatic heterocycles. The molecule has 1 aliphatic rings. The zero-order valence-corrected chi connectivity index (χ0v) is 6.48. The van der Waals surface area contributed by atoms with Crippen LogP contribution in [-0.2, 0) is 0 Å². The lowest BCUT2D eigenvalue weighted by molar-refractivity contribution is 0.622. The van der Waals surface area contributed by atoms with Crippen LogP contribution in [0.3, 0.4) is 0 Å². The molecule has 9 heavy (non-hydrogen) atoms. The molecule has 0 amide bonds. The molecule has 0 bridgehead atoms. The average molecular weight is 127 g/mol. The molecular weight excluding hydrogens is 110 g/mol. The van der Waals surface area contributed by atoms with Crippen LogP contribution < -0.4 is 5.32 Å². The standard InChI is InChI=1S/C6H13N.C2H4/c1-5-3-6(2)7-4-5;1-2/h5-7H,3-4H2,1-2H3;1-2H2. The predicted octanol–water partition coefficient (Wildman–Crippen LogP) is 1.81. The molecule has 0 saturated carbocycles. The fourth-order valence-corrected chi connectivity index (χ4v) is 1.17. The Kier molecular flexibility index (Phi) is 4.41. The largest absolute Gasteiger partial charge is 0.314 e. The summed E-state index contributed by atoms with van der Waals surface area (Å²) in [6.07, 6.45) is 1.36. The normalized spacial score (nSPS) is 33.1. The lowest BCUT2D eigenvalue weighted by atomic mass is 10.1. The van der Waals surface area contributed by atoms with Crippen molar-refractivity contribution in [1.82, 2.24) is 5.32 Å². The molecule has 1 N–H and O–H groups in total. The Balaban J connectivity index is 0.000000291. The Morgan fingerprint density at radius 3 is 2.00 bits per heavy atom. The van der Waals surface area contributed by atoms with Crippen molar-refractivity contribution in [2.75, 3.05) is 6.54 Å². The first-order valence-corrected chi connectivity index (χ1v) is 3.52. The van der Waals surface area contributed by atoms with Crippen molar-refractivity contribution in [3.8, 4) is 0 Å². The van der Waals surface area contributed by atoms with Crippen molar-refractivity contribution in [3.63, 3.8) is 0 Å². The molecule has 0 aromatic heterocycles. The summed E-state index contributed by atoms with van der Waals surface area (Å²) in [5.74, 6) is 0.912. The van der Waals surface area contributed by atoms with E-state index in [1.54, 1.807) is 0 Å². The van der Waals surface area contributed by atoms with Crippen LogP contribution in [0.15, 0.2) is 13.2 Å². The van der Waals surface area contributed by atoms with Gasteiger partial charge in [0.05, 0.1) is 0 Å². The summed E-state index contributed by atoms with van der Waals surface area (Å²) in [7, 11) is 0. The van der Waals surface area contributed by atoms with Crippen LogP contribution in [-0.4, -0.2) is 12.6 Å². The molecule has 54 valence electrons. The molecule has 1 heteroatoms. The maximum Gasteiger partial charge on any atom is 0.00418 e. The van der Waals surface area contributed by atoms with Gasteiger partial charge >= 0.3 is 0 Å². The molecule has 0 aliphatic carbocycles. The van der Waals surface area contributed by atoms with E-state index in [-0.39, 0.29) is 0 Å². The lowest BCUT2D eigenvalue weighted by Crippen LogP contribution is -2.16. The van der Waals surface area contributed by atoms with E-state index in [0.717, 1.165) is 12.0 Å². The topological polar surface area (TPSA) is 12.0 Å². The fraction of sp³-hybridized carbons (Fsp3) is 0.750. The fourth-order valence-electron chi connectivity index (χ4n) is 1.17. The third-order valence-electron chi connectivity index (χ3n) is 1.57. The maximum absolute atomic E-state index is 3.37. The Hall–Kier alpha value is -0.300. The van der Waals surface area contributed by atoms with E-state index >= 15 is 0 Å². The molecule has 2 unspecified atom stereocenters. The smallest absolute Gasteiger partial charge is 0.00418 e. The summed E-state index contributed by atoms with van der Waals surface area (Å²) in [4.78, 5) is 0. The van der Waals surface area contributed by atoms with Crippen molar-refractivity contribution in [2.24, 2.45) is 5.92 Å². The Morgan fingerprint density at radius 1 is 1.33 bits per heavy atom. The van der Waals surface area contributed by atoms with Gasteiger partial charge in [-0.2, -0.15) is 0 Å². The number of hydrogen-bond acceptors (Lipinski definition) is 1. The minimum atomic E-state index is 0.773. The van der Waals surface area contributed by atoms with Crippen molar-refractivity contribution in [2.45, 2.75) is 26.3 Å². The van der Waals surface area contributed by atoms with Crippen LogP contribution >= 0.6 is 0 Å². The minimum Gasteiger partial charge on any atom is -0.314 e. The highest BCUT2D eigenvalue weighted by Gasteiger charge is 2.14. The maximum atomic E-state index is 3.37. The summed E-state index contributed by atoms with van der Waals surface area (Å²) in [6, 6.07) is 0.773. The third kappa shape index (κ3) is 3.31. The van der Waals surface area contributed by atoms with Crippen molar-refractivity contribution < 1.29 is 0 Å². The molecule has 2 atom stereocenters. The number of nitrogens with one attached hydrogen (secondary N) is 1. The van der Waals surface area contributed by atoms with Gasteiger partial charge in [-0.3, -0.25) is 0 Å². The number of rotatable bonds is 0. The zero-order chi connectivity index (χ0) is 7.28. The van der Waals surface area contributed by atoms with E-state index in [9.17, 15) is 0 Å². The second-order valence-corrected chi connectivity index (χ2v) is 2.65. The van der Waals surface area contributed by atoms with Crippen LogP contribution in [0.1, 0.15) is 20.3 Å². The predicted molar refractivity (Wildman–Crippen MR) is 42.5 cm³/mol. The van der Waals surface area contributed by atoms with E-state index in [2.05, 4.69) is 32.3 Å². The summed E-state index contributed by atoms with van der Waals surface area (Å²) < 4.78 is 0. The Morgan fingerprint density at radius 2 is 1.89 bits per heavy atom. The van der Waals surface area contributed by atoms with Crippen molar-refractivity contribution >= 4 is 0 Å². The highest BCUT2D eigenvalue weighted by atomic mass is 14.9. The van der Waals surface area contributed by atoms with Gasteiger partial charge in [0.15, 0.2) is 0 Å². The SMILES string of the molecule is C=C.CC1CNC(C)C1. The van der Waals surface area contributed by atoms with Gasteiger partial charge in [0.25, 0.3) is 0 Å². The summed E-state index contributed by atoms with van der Waals surface area (Å²) in [6.45, 7) is 11.8. The van der Waals surface area contributed by atoms with Gasteiger partial charge in [0.1, 0.15) is 0 Å². The van der Waals surface area contributed by atoms with Gasteiger partial charge in [0, 0.05) is 6.04 Å². The lowest BCUT2D eigenvalue weighted by Gasteiger charge is -1.96. The van der Waals surface area contributed by atoms with Gasteiger partial charge in [0.2, 0.25) is 0 Å². The van der Waals surface area contributed by atoms with Crippen LogP contribution in [0.25, 0.3) is 0 Å². The minimum absolute atomic E-state index is 0.773. The average Bonchev–Trinajstić information content (AvgIpc) is 2.20. The molecule has 0 radical (unpaired) electrons. The Labute approximate surface area is 58.2 Å². The van der Waals surface area contributed by atoms with E-state index in [0.29, 0.717) is 0 Å². The molecule has 0 aromatic rings. The highest BCUT2D eigenvalue weighted by Crippen LogP contribution is 2.10. The van der Waals surface area contributed by atoms with Gasteiger partial charge in [-0.25, -0.2) is 0 Å². The summed E-state index contributed by atoms with van der Waals surface area (Å²) >= 11 is 0. The third-order valence-corrected chi connectivity index (χ3v) is 1.57. The van der Waals surface area contributed by atoms with Crippen molar-refractivity contribution in [3.05, 3.63) is 13.2 Å². The highest BCUT2D eigenvalue weighted by molar-refractivity contribution is 4.74. The van der Waals surface area contributed by atoms with Gasteiger partial charge in [-0.05, 0) is 25.8 Å². The second kappa shape index (κ2) is 4.57. The zero-order valence-electron chi connectivity index (χ0n) is 6.48. The monoisotopic (exact) mass is 127 g/mol. The summed E-state index contributed by atoms with van der Waals surface area (Å²) in [5.41, 5.74) is 0. The van der Waals surface area contributed by atoms with Crippen LogP contribution in [0.4, 0.5) is 0 Å². The first-order chi connectivity index (χ1) is 4.29. The second-order valence-electron chi connectivity index (χ2n) is 2.65. The molecule has 1 nitrogen and oxygen atoms in total. The number of hydrogen-bond donors (Lipinski definition) is 1. The van der Waals surface area contributed by atoms with E-state index < -0.39 is 0 Å². The van der Waals surface area contributed by atoms with E-state index in [4.69, 9.17) is 0 Å². The molecule has 1 heterocycles. The van der Waals surface area contributed by atoms with Crippen LogP contribution in [0.5, 0.6) is 0 Å². The first-order valence-electron chi connectivity index (χ1n) is 3.52. The molecule has 0 spiro atoms. The van der Waals surface area contributed by atoms with E-state index in [1.807, 2.05) is 0 Å². The molecule has 1 saturated heterocycles. The van der Waals surface area contributed by atoms with Crippen LogP contribution in [0.2, 0.25) is 0 Å².